The number of morpholine rings is 1. The molecule has 0 amide bonds. The summed E-state index contributed by atoms with van der Waals surface area (Å²) in [6, 6.07) is 0.479. The highest BCUT2D eigenvalue weighted by Crippen LogP contribution is 2.33. The summed E-state index contributed by atoms with van der Waals surface area (Å²) in [6.07, 6.45) is 6.34. The molecule has 1 aliphatic heterocycles. The fraction of sp³-hybridized carbons (Fsp3) is 0.733. The van der Waals surface area contributed by atoms with E-state index in [2.05, 4.69) is 15.0 Å². The predicted octanol–water partition coefficient (Wildman–Crippen LogP) is 2.40. The van der Waals surface area contributed by atoms with Gasteiger partial charge in [0, 0.05) is 18.3 Å². The van der Waals surface area contributed by atoms with E-state index in [0.29, 0.717) is 25.0 Å². The first-order chi connectivity index (χ1) is 10.3. The van der Waals surface area contributed by atoms with E-state index >= 15 is 0 Å². The third kappa shape index (κ3) is 3.37. The molecule has 116 valence electrons. The highest BCUT2D eigenvalue weighted by atomic mass is 32.1. The Morgan fingerprint density at radius 1 is 1.52 bits per heavy atom. The second-order valence-electron chi connectivity index (χ2n) is 5.65. The maximum Gasteiger partial charge on any atom is 0.305 e. The molecule has 1 saturated carbocycles. The average Bonchev–Trinajstić information content (AvgIpc) is 3.00. The number of anilines is 1. The van der Waals surface area contributed by atoms with Crippen LogP contribution in [0.3, 0.4) is 0 Å². The molecule has 0 N–H and O–H groups in total. The zero-order valence-electron chi connectivity index (χ0n) is 12.4. The highest BCUT2D eigenvalue weighted by molar-refractivity contribution is 7.13. The van der Waals surface area contributed by atoms with E-state index in [1.165, 1.54) is 32.8 Å². The van der Waals surface area contributed by atoms with Gasteiger partial charge in [-0.25, -0.2) is 4.98 Å². The highest BCUT2D eigenvalue weighted by Gasteiger charge is 2.35. The lowest BCUT2D eigenvalue weighted by molar-refractivity contribution is -0.140. The third-order valence-electron chi connectivity index (χ3n) is 4.33. The first-order valence-electron chi connectivity index (χ1n) is 7.67. The first kappa shape index (κ1) is 14.8. The van der Waals surface area contributed by atoms with Gasteiger partial charge in [-0.15, -0.1) is 11.3 Å². The van der Waals surface area contributed by atoms with Crippen LogP contribution in [0.15, 0.2) is 5.38 Å². The molecule has 2 heterocycles. The van der Waals surface area contributed by atoms with Gasteiger partial charge in [0.1, 0.15) is 0 Å². The van der Waals surface area contributed by atoms with Gasteiger partial charge in [0.15, 0.2) is 5.13 Å². The molecule has 3 rings (SSSR count). The first-order valence-corrected chi connectivity index (χ1v) is 8.55. The third-order valence-corrected chi connectivity index (χ3v) is 5.26. The lowest BCUT2D eigenvalue weighted by Crippen LogP contribution is -2.52. The second kappa shape index (κ2) is 6.75. The molecular formula is C15H22N2O3S. The van der Waals surface area contributed by atoms with Gasteiger partial charge < -0.3 is 14.4 Å². The van der Waals surface area contributed by atoms with Gasteiger partial charge in [-0.1, -0.05) is 12.8 Å². The summed E-state index contributed by atoms with van der Waals surface area (Å²) in [6.45, 7) is 1.71. The molecule has 2 atom stereocenters. The number of hydrogen-bond acceptors (Lipinski definition) is 6. The van der Waals surface area contributed by atoms with Crippen molar-refractivity contribution in [1.29, 1.82) is 0 Å². The molecule has 21 heavy (non-hydrogen) atoms. The van der Waals surface area contributed by atoms with Crippen molar-refractivity contribution in [2.24, 2.45) is 0 Å². The smallest absolute Gasteiger partial charge is 0.305 e. The van der Waals surface area contributed by atoms with Crippen molar-refractivity contribution in [3.63, 3.8) is 0 Å². The molecule has 0 spiro atoms. The van der Waals surface area contributed by atoms with Crippen LogP contribution in [0.2, 0.25) is 0 Å². The number of carbonyl (C=O) groups excluding carboxylic acids is 1. The topological polar surface area (TPSA) is 51.7 Å². The molecule has 0 bridgehead atoms. The van der Waals surface area contributed by atoms with Crippen LogP contribution in [0.1, 0.15) is 37.8 Å². The molecule has 2 unspecified atom stereocenters. The Morgan fingerprint density at radius 3 is 3.24 bits per heavy atom. The number of hydrogen-bond donors (Lipinski definition) is 0. The maximum absolute atomic E-state index is 11.2. The Morgan fingerprint density at radius 2 is 2.38 bits per heavy atom. The standard InChI is InChI=1S/C15H22N2O3S/c1-19-14(18)7-6-11-10-21-15(16-11)17-8-9-20-13-5-3-2-4-12(13)17/h10,12-13H,2-9H2,1H3. The summed E-state index contributed by atoms with van der Waals surface area (Å²) in [7, 11) is 1.42. The van der Waals surface area contributed by atoms with Crippen molar-refractivity contribution in [2.75, 3.05) is 25.2 Å². The minimum absolute atomic E-state index is 0.178. The van der Waals surface area contributed by atoms with Gasteiger partial charge >= 0.3 is 5.97 Å². The number of carbonyl (C=O) groups is 1. The summed E-state index contributed by atoms with van der Waals surface area (Å²) in [5.41, 5.74) is 0.985. The number of ether oxygens (including phenoxy) is 2. The molecule has 0 aromatic carbocycles. The Bertz CT molecular complexity index is 489. The molecule has 1 aromatic heterocycles. The second-order valence-corrected chi connectivity index (χ2v) is 6.49. The van der Waals surface area contributed by atoms with Crippen LogP contribution in [0.25, 0.3) is 0 Å². The van der Waals surface area contributed by atoms with Crippen LogP contribution in [-0.2, 0) is 20.7 Å². The van der Waals surface area contributed by atoms with Crippen molar-refractivity contribution >= 4 is 22.4 Å². The quantitative estimate of drug-likeness (QED) is 0.799. The van der Waals surface area contributed by atoms with E-state index in [4.69, 9.17) is 9.72 Å². The van der Waals surface area contributed by atoms with Crippen LogP contribution in [0.4, 0.5) is 5.13 Å². The minimum Gasteiger partial charge on any atom is -0.469 e. The Balaban J connectivity index is 1.65. The van der Waals surface area contributed by atoms with Crippen LogP contribution in [0, 0.1) is 0 Å². The number of thiazole rings is 1. The summed E-state index contributed by atoms with van der Waals surface area (Å²) in [5, 5.41) is 3.14. The Kier molecular flexibility index (Phi) is 4.75. The minimum atomic E-state index is -0.178. The van der Waals surface area contributed by atoms with Gasteiger partial charge in [-0.2, -0.15) is 0 Å². The predicted molar refractivity (Wildman–Crippen MR) is 81.8 cm³/mol. The molecule has 1 aliphatic carbocycles. The number of aromatic nitrogens is 1. The normalized spacial score (nSPS) is 25.5. The lowest BCUT2D eigenvalue weighted by Gasteiger charge is -2.43. The SMILES string of the molecule is COC(=O)CCc1csc(N2CCOC3CCCCC32)n1. The molecular weight excluding hydrogens is 288 g/mol. The van der Waals surface area contributed by atoms with Gasteiger partial charge in [0.2, 0.25) is 0 Å². The van der Waals surface area contributed by atoms with Crippen molar-refractivity contribution in [2.45, 2.75) is 50.7 Å². The fourth-order valence-corrected chi connectivity index (χ4v) is 4.15. The van der Waals surface area contributed by atoms with Crippen LogP contribution < -0.4 is 4.90 Å². The maximum atomic E-state index is 11.2. The summed E-state index contributed by atoms with van der Waals surface area (Å²) >= 11 is 1.68. The van der Waals surface area contributed by atoms with Gasteiger partial charge in [0.05, 0.1) is 38.0 Å². The Hall–Kier alpha value is -1.14. The fourth-order valence-electron chi connectivity index (χ4n) is 3.21. The van der Waals surface area contributed by atoms with Gasteiger partial charge in [-0.3, -0.25) is 4.79 Å². The number of methoxy groups -OCH3 is 1. The van der Waals surface area contributed by atoms with Crippen LogP contribution in [-0.4, -0.2) is 43.4 Å². The van der Waals surface area contributed by atoms with Crippen molar-refractivity contribution in [3.8, 4) is 0 Å². The van der Waals surface area contributed by atoms with Gasteiger partial charge in [0.25, 0.3) is 0 Å². The zero-order valence-corrected chi connectivity index (χ0v) is 13.2. The summed E-state index contributed by atoms with van der Waals surface area (Å²) in [5.74, 6) is -0.178. The van der Waals surface area contributed by atoms with Crippen LogP contribution >= 0.6 is 11.3 Å². The van der Waals surface area contributed by atoms with Crippen LogP contribution in [0.5, 0.6) is 0 Å². The summed E-state index contributed by atoms with van der Waals surface area (Å²) < 4.78 is 10.6. The number of fused-ring (bicyclic) bond motifs is 1. The van der Waals surface area contributed by atoms with E-state index in [1.807, 2.05) is 0 Å². The number of rotatable bonds is 4. The molecule has 5 nitrogen and oxygen atoms in total. The molecule has 2 aliphatic rings. The molecule has 1 aromatic rings. The van der Waals surface area contributed by atoms with E-state index in [1.54, 1.807) is 11.3 Å². The summed E-state index contributed by atoms with van der Waals surface area (Å²) in [4.78, 5) is 18.3. The van der Waals surface area contributed by atoms with E-state index < -0.39 is 0 Å². The molecule has 6 heteroatoms. The molecule has 1 saturated heterocycles. The van der Waals surface area contributed by atoms with E-state index in [0.717, 1.165) is 24.0 Å². The van der Waals surface area contributed by atoms with E-state index in [-0.39, 0.29) is 5.97 Å². The van der Waals surface area contributed by atoms with Crippen molar-refractivity contribution in [3.05, 3.63) is 11.1 Å². The van der Waals surface area contributed by atoms with Crippen molar-refractivity contribution in [1.82, 2.24) is 4.98 Å². The molecule has 2 fully saturated rings. The Labute approximate surface area is 129 Å². The molecule has 0 radical (unpaired) electrons. The number of esters is 1. The average molecular weight is 310 g/mol. The largest absolute Gasteiger partial charge is 0.469 e. The lowest BCUT2D eigenvalue weighted by atomic mass is 9.90. The van der Waals surface area contributed by atoms with E-state index in [9.17, 15) is 4.79 Å². The van der Waals surface area contributed by atoms with Gasteiger partial charge in [-0.05, 0) is 12.8 Å². The number of nitrogens with zero attached hydrogens (tertiary/aromatic N) is 2. The monoisotopic (exact) mass is 310 g/mol. The zero-order chi connectivity index (χ0) is 14.7. The van der Waals surface area contributed by atoms with Crippen molar-refractivity contribution < 1.29 is 14.3 Å². The number of aryl methyl sites for hydroxylation is 1.